The maximum Gasteiger partial charge on any atom is 0.268 e. The van der Waals surface area contributed by atoms with E-state index in [9.17, 15) is 14.0 Å². The van der Waals surface area contributed by atoms with E-state index in [0.717, 1.165) is 12.8 Å². The highest BCUT2D eigenvalue weighted by molar-refractivity contribution is 5.98. The molecule has 0 spiro atoms. The molecule has 5 nitrogen and oxygen atoms in total. The van der Waals surface area contributed by atoms with E-state index in [2.05, 4.69) is 22.4 Å². The molecule has 0 bridgehead atoms. The summed E-state index contributed by atoms with van der Waals surface area (Å²) in [5.74, 6) is -0.527. The van der Waals surface area contributed by atoms with Gasteiger partial charge in [-0.05, 0) is 48.2 Å². The first-order valence-corrected chi connectivity index (χ1v) is 9.52. The second kappa shape index (κ2) is 6.48. The molecule has 2 amide bonds. The maximum atomic E-state index is 13.3. The number of amides is 2. The molecule has 6 heteroatoms. The Hall–Kier alpha value is -3.15. The van der Waals surface area contributed by atoms with E-state index in [1.165, 1.54) is 23.3 Å². The molecule has 142 valence electrons. The fourth-order valence-electron chi connectivity index (χ4n) is 4.43. The van der Waals surface area contributed by atoms with Crippen LogP contribution in [-0.4, -0.2) is 40.3 Å². The average molecular weight is 377 g/mol. The first-order chi connectivity index (χ1) is 13.6. The van der Waals surface area contributed by atoms with Crippen LogP contribution in [0.15, 0.2) is 48.5 Å². The van der Waals surface area contributed by atoms with Crippen LogP contribution in [0.25, 0.3) is 10.9 Å². The van der Waals surface area contributed by atoms with Crippen LogP contribution in [0.4, 0.5) is 4.39 Å². The Morgan fingerprint density at radius 1 is 1.07 bits per heavy atom. The third kappa shape index (κ3) is 2.95. The smallest absolute Gasteiger partial charge is 0.268 e. The molecule has 2 heterocycles. The molecule has 1 atom stereocenters. The molecule has 1 aliphatic carbocycles. The van der Waals surface area contributed by atoms with Crippen molar-refractivity contribution in [3.05, 3.63) is 71.2 Å². The molecule has 1 aromatic heterocycles. The zero-order valence-electron chi connectivity index (χ0n) is 15.2. The first-order valence-electron chi connectivity index (χ1n) is 9.52. The molecule has 1 aliphatic heterocycles. The number of nitrogens with one attached hydrogen (secondary N) is 2. The van der Waals surface area contributed by atoms with Crippen molar-refractivity contribution in [2.24, 2.45) is 0 Å². The summed E-state index contributed by atoms with van der Waals surface area (Å²) in [5, 5.41) is 3.60. The number of hydrogen-bond donors (Lipinski definition) is 2. The lowest BCUT2D eigenvalue weighted by Crippen LogP contribution is -2.41. The molecule has 1 fully saturated rings. The number of carbonyl (C=O) groups excluding carboxylic acids is 2. The first kappa shape index (κ1) is 17.0. The van der Waals surface area contributed by atoms with Crippen molar-refractivity contribution in [3.63, 3.8) is 0 Å². The molecule has 2 aliphatic rings. The van der Waals surface area contributed by atoms with Crippen molar-refractivity contribution in [3.8, 4) is 0 Å². The summed E-state index contributed by atoms with van der Waals surface area (Å²) in [6.45, 7) is 0.526. The minimum absolute atomic E-state index is 0.0850. The summed E-state index contributed by atoms with van der Waals surface area (Å²) in [6.07, 6.45) is 2.06. The molecule has 1 unspecified atom stereocenters. The number of hydrogen-bond acceptors (Lipinski definition) is 2. The van der Waals surface area contributed by atoms with E-state index in [0.29, 0.717) is 29.6 Å². The summed E-state index contributed by atoms with van der Waals surface area (Å²) in [6, 6.07) is 14.2. The van der Waals surface area contributed by atoms with Crippen molar-refractivity contribution in [2.75, 3.05) is 6.54 Å². The Morgan fingerprint density at radius 2 is 1.82 bits per heavy atom. The van der Waals surface area contributed by atoms with Gasteiger partial charge in [-0.15, -0.1) is 0 Å². The fraction of sp³-hybridized carbons (Fsp3) is 0.273. The topological polar surface area (TPSA) is 65.2 Å². The van der Waals surface area contributed by atoms with E-state index in [-0.39, 0.29) is 29.7 Å². The van der Waals surface area contributed by atoms with Crippen LogP contribution >= 0.6 is 0 Å². The van der Waals surface area contributed by atoms with Gasteiger partial charge in [0.2, 0.25) is 5.91 Å². The summed E-state index contributed by atoms with van der Waals surface area (Å²) >= 11 is 0. The highest BCUT2D eigenvalue weighted by Crippen LogP contribution is 2.28. The quantitative estimate of drug-likeness (QED) is 0.737. The Balaban J connectivity index is 1.26. The minimum Gasteiger partial charge on any atom is -0.351 e. The number of rotatable bonds is 3. The molecule has 5 rings (SSSR count). The lowest BCUT2D eigenvalue weighted by molar-refractivity contribution is -0.129. The second-order valence-electron chi connectivity index (χ2n) is 7.67. The van der Waals surface area contributed by atoms with E-state index in [1.807, 2.05) is 17.0 Å². The maximum absolute atomic E-state index is 13.3. The zero-order chi connectivity index (χ0) is 19.3. The molecule has 1 saturated heterocycles. The molecule has 3 aromatic rings. The van der Waals surface area contributed by atoms with E-state index < -0.39 is 0 Å². The number of benzene rings is 2. The molecule has 2 aromatic carbocycles. The SMILES string of the molecule is O=C(NC1CC(=O)N(C2Cc3ccccc3C2)C1)c1cc2cc(F)ccc2[nH]1. The van der Waals surface area contributed by atoms with Crippen molar-refractivity contribution in [2.45, 2.75) is 31.3 Å². The van der Waals surface area contributed by atoms with Crippen LogP contribution in [0.3, 0.4) is 0 Å². The standard InChI is InChI=1S/C22H20FN3O2/c23-16-5-6-19-15(7-16)10-20(25-19)22(28)24-17-11-21(27)26(12-17)18-8-13-3-1-2-4-14(13)9-18/h1-7,10,17-18,25H,8-9,11-12H2,(H,24,28). The molecular weight excluding hydrogens is 357 g/mol. The molecule has 2 N–H and O–H groups in total. The number of nitrogens with zero attached hydrogens (tertiary/aromatic N) is 1. The Kier molecular flexibility index (Phi) is 3.93. The lowest BCUT2D eigenvalue weighted by Gasteiger charge is -2.24. The van der Waals surface area contributed by atoms with Gasteiger partial charge >= 0.3 is 0 Å². The Labute approximate surface area is 161 Å². The van der Waals surface area contributed by atoms with Gasteiger partial charge in [-0.3, -0.25) is 9.59 Å². The van der Waals surface area contributed by atoms with Gasteiger partial charge in [0, 0.05) is 29.9 Å². The third-order valence-corrected chi connectivity index (χ3v) is 5.79. The van der Waals surface area contributed by atoms with Crippen molar-refractivity contribution < 1.29 is 14.0 Å². The number of carbonyl (C=O) groups is 2. The predicted octanol–water partition coefficient (Wildman–Crippen LogP) is 2.81. The van der Waals surface area contributed by atoms with Gasteiger partial charge in [0.05, 0.1) is 6.04 Å². The van der Waals surface area contributed by atoms with Gasteiger partial charge in [0.1, 0.15) is 11.5 Å². The lowest BCUT2D eigenvalue weighted by atomic mass is 10.1. The summed E-state index contributed by atoms with van der Waals surface area (Å²) in [5.41, 5.74) is 3.69. The van der Waals surface area contributed by atoms with Crippen molar-refractivity contribution >= 4 is 22.7 Å². The van der Waals surface area contributed by atoms with E-state index in [1.54, 1.807) is 12.1 Å². The number of aromatic nitrogens is 1. The number of aromatic amines is 1. The number of likely N-dealkylation sites (tertiary alicyclic amines) is 1. The normalized spacial score (nSPS) is 19.4. The van der Waals surface area contributed by atoms with Gasteiger partial charge in [0.15, 0.2) is 0 Å². The van der Waals surface area contributed by atoms with Crippen LogP contribution in [0.5, 0.6) is 0 Å². The molecule has 0 radical (unpaired) electrons. The van der Waals surface area contributed by atoms with Crippen LogP contribution < -0.4 is 5.32 Å². The van der Waals surface area contributed by atoms with Crippen LogP contribution in [0.1, 0.15) is 28.0 Å². The Morgan fingerprint density at radius 3 is 2.57 bits per heavy atom. The number of halogens is 1. The molecule has 28 heavy (non-hydrogen) atoms. The third-order valence-electron chi connectivity index (χ3n) is 5.79. The van der Waals surface area contributed by atoms with Crippen molar-refractivity contribution in [1.29, 1.82) is 0 Å². The van der Waals surface area contributed by atoms with Crippen LogP contribution in [-0.2, 0) is 17.6 Å². The van der Waals surface area contributed by atoms with E-state index >= 15 is 0 Å². The fourth-order valence-corrected chi connectivity index (χ4v) is 4.43. The number of fused-ring (bicyclic) bond motifs is 2. The van der Waals surface area contributed by atoms with Crippen LogP contribution in [0, 0.1) is 5.82 Å². The zero-order valence-corrected chi connectivity index (χ0v) is 15.2. The average Bonchev–Trinajstić information content (AvgIpc) is 3.37. The summed E-state index contributed by atoms with van der Waals surface area (Å²) in [4.78, 5) is 30.1. The minimum atomic E-state index is -0.340. The van der Waals surface area contributed by atoms with Gasteiger partial charge in [-0.2, -0.15) is 0 Å². The Bertz CT molecular complexity index is 1070. The summed E-state index contributed by atoms with van der Waals surface area (Å²) < 4.78 is 13.3. The largest absolute Gasteiger partial charge is 0.351 e. The van der Waals surface area contributed by atoms with Crippen molar-refractivity contribution in [1.82, 2.24) is 15.2 Å². The van der Waals surface area contributed by atoms with Gasteiger partial charge in [-0.1, -0.05) is 24.3 Å². The van der Waals surface area contributed by atoms with Crippen LogP contribution in [0.2, 0.25) is 0 Å². The highest BCUT2D eigenvalue weighted by atomic mass is 19.1. The summed E-state index contributed by atoms with van der Waals surface area (Å²) in [7, 11) is 0. The van der Waals surface area contributed by atoms with Gasteiger partial charge in [-0.25, -0.2) is 4.39 Å². The molecular formula is C22H20FN3O2. The second-order valence-corrected chi connectivity index (χ2v) is 7.67. The number of H-pyrrole nitrogens is 1. The monoisotopic (exact) mass is 377 g/mol. The highest BCUT2D eigenvalue weighted by Gasteiger charge is 2.37. The predicted molar refractivity (Wildman–Crippen MR) is 103 cm³/mol. The van der Waals surface area contributed by atoms with Gasteiger partial charge in [0.25, 0.3) is 5.91 Å². The molecule has 0 saturated carbocycles. The van der Waals surface area contributed by atoms with E-state index in [4.69, 9.17) is 0 Å². The van der Waals surface area contributed by atoms with Gasteiger partial charge < -0.3 is 15.2 Å².